The lowest BCUT2D eigenvalue weighted by Crippen LogP contribution is -2.32. The number of nitrogens with zero attached hydrogens (tertiary/aromatic N) is 3. The van der Waals surface area contributed by atoms with Gasteiger partial charge in [0.25, 0.3) is 6.92 Å². The Balaban J connectivity index is 1.54. The number of ether oxygens (including phenoxy) is 2. The van der Waals surface area contributed by atoms with Crippen molar-refractivity contribution in [3.05, 3.63) is 77.2 Å². The molecule has 249 valence electrons. The number of unbranched alkanes of at least 4 members (excludes halogenated alkanes) is 2. The van der Waals surface area contributed by atoms with Crippen molar-refractivity contribution in [1.29, 1.82) is 10.8 Å². The summed E-state index contributed by atoms with van der Waals surface area (Å²) in [6.07, 6.45) is 0.0726. The van der Waals surface area contributed by atoms with Crippen LogP contribution in [0, 0.1) is 17.7 Å². The van der Waals surface area contributed by atoms with Gasteiger partial charge < -0.3 is 39.2 Å². The van der Waals surface area contributed by atoms with Gasteiger partial charge in [0.1, 0.15) is 11.5 Å². The van der Waals surface area contributed by atoms with Crippen molar-refractivity contribution in [2.45, 2.75) is 71.3 Å². The number of imidazole rings is 1. The van der Waals surface area contributed by atoms with E-state index in [1.54, 1.807) is 77.6 Å². The van der Waals surface area contributed by atoms with E-state index in [0.29, 0.717) is 97.9 Å². The predicted octanol–water partition coefficient (Wildman–Crippen LogP) is 4.97. The minimum Gasteiger partial charge on any atom is -0.494 e. The minimum atomic E-state index is -5.09. The van der Waals surface area contributed by atoms with Gasteiger partial charge in [-0.2, -0.15) is 18.2 Å². The van der Waals surface area contributed by atoms with E-state index in [0.717, 1.165) is 0 Å². The normalized spacial score (nSPS) is 11.7. The summed E-state index contributed by atoms with van der Waals surface area (Å²) < 4.78 is 54.1. The predicted molar refractivity (Wildman–Crippen MR) is 176 cm³/mol. The van der Waals surface area contributed by atoms with E-state index in [9.17, 15) is 27.8 Å². The van der Waals surface area contributed by atoms with Crippen molar-refractivity contribution < 1.29 is 37.3 Å². The van der Waals surface area contributed by atoms with Gasteiger partial charge in [0.15, 0.2) is 0 Å². The van der Waals surface area contributed by atoms with Crippen molar-refractivity contribution in [2.24, 2.45) is 4.99 Å². The molecule has 1 aromatic heterocycles. The van der Waals surface area contributed by atoms with Crippen LogP contribution in [-0.4, -0.2) is 71.3 Å². The second kappa shape index (κ2) is 18.1. The summed E-state index contributed by atoms with van der Waals surface area (Å²) in [5.74, 6) is -0.939. The number of halogens is 3. The van der Waals surface area contributed by atoms with Gasteiger partial charge in [-0.05, 0) is 105 Å². The Morgan fingerprint density at radius 2 is 1.47 bits per heavy atom. The van der Waals surface area contributed by atoms with Gasteiger partial charge in [0, 0.05) is 36.4 Å². The first kappa shape index (κ1) is 37.1. The number of aromatic nitrogens is 2. The third-order valence-corrected chi connectivity index (χ3v) is 7.14. The molecule has 1 heterocycles. The van der Waals surface area contributed by atoms with Crippen molar-refractivity contribution in [3.8, 4) is 11.5 Å². The number of alkyl halides is 3. The Hall–Kier alpha value is -4.39. The molecule has 3 aromatic rings. The molecule has 0 spiro atoms. The highest BCUT2D eigenvalue weighted by atomic mass is 19.4. The van der Waals surface area contributed by atoms with Crippen LogP contribution < -0.4 is 15.1 Å². The molecule has 0 unspecified atom stereocenters. The second-order valence-electron chi connectivity index (χ2n) is 11.1. The van der Waals surface area contributed by atoms with Gasteiger partial charge in [-0.1, -0.05) is 6.82 Å². The Morgan fingerprint density at radius 3 is 1.98 bits per heavy atom. The Labute approximate surface area is 273 Å². The molecular formula is C32H39B2F3N5O5. The van der Waals surface area contributed by atoms with Crippen LogP contribution in [0.15, 0.2) is 59.7 Å². The summed E-state index contributed by atoms with van der Waals surface area (Å²) in [7, 11) is 1.37. The highest BCUT2D eigenvalue weighted by Crippen LogP contribution is 2.17. The average Bonchev–Trinajstić information content (AvgIpc) is 3.32. The molecular weight excluding hydrogens is 613 g/mol. The second-order valence-corrected chi connectivity index (χ2v) is 11.1. The molecule has 3 N–H and O–H groups in total. The number of nitrogens with one attached hydrogen (secondary N) is 2. The van der Waals surface area contributed by atoms with Crippen LogP contribution in [0.1, 0.15) is 42.5 Å². The monoisotopic (exact) mass is 652 g/mol. The average molecular weight is 652 g/mol. The molecule has 0 aliphatic heterocycles. The maximum absolute atomic E-state index is 13.1. The summed E-state index contributed by atoms with van der Waals surface area (Å²) in [5, 5.41) is 25.5. The third kappa shape index (κ3) is 12.0. The first-order chi connectivity index (χ1) is 22.4. The van der Waals surface area contributed by atoms with Crippen molar-refractivity contribution >= 4 is 37.7 Å². The van der Waals surface area contributed by atoms with Crippen LogP contribution in [0.25, 0.3) is 0 Å². The largest absolute Gasteiger partial charge is 0.494 e. The summed E-state index contributed by atoms with van der Waals surface area (Å²) in [6.45, 7) is 4.17. The van der Waals surface area contributed by atoms with Crippen LogP contribution in [0.5, 0.6) is 11.5 Å². The summed E-state index contributed by atoms with van der Waals surface area (Å²) in [5.41, 5.74) is 2.63. The smallest absolute Gasteiger partial charge is 0.473 e. The zero-order chi connectivity index (χ0) is 34.4. The van der Waals surface area contributed by atoms with Gasteiger partial charge in [-0.3, -0.25) is 4.79 Å². The summed E-state index contributed by atoms with van der Waals surface area (Å²) in [4.78, 5) is 25.8. The zero-order valence-electron chi connectivity index (χ0n) is 26.6. The van der Waals surface area contributed by atoms with Gasteiger partial charge in [0.2, 0.25) is 12.9 Å². The molecule has 0 atom stereocenters. The van der Waals surface area contributed by atoms with Crippen LogP contribution in [0.2, 0.25) is 19.5 Å². The topological polar surface area (TPSA) is 143 Å². The van der Waals surface area contributed by atoms with Crippen LogP contribution in [0.4, 0.5) is 13.2 Å². The van der Waals surface area contributed by atoms with Crippen LogP contribution >= 0.6 is 0 Å². The molecule has 2 aromatic carbocycles. The fourth-order valence-corrected chi connectivity index (χ4v) is 4.72. The van der Waals surface area contributed by atoms with Gasteiger partial charge >= 0.3 is 12.1 Å². The van der Waals surface area contributed by atoms with Crippen LogP contribution in [-0.2, 0) is 22.7 Å². The highest BCUT2D eigenvalue weighted by molar-refractivity contribution is 6.69. The van der Waals surface area contributed by atoms with Crippen molar-refractivity contribution in [2.75, 3.05) is 13.2 Å². The summed E-state index contributed by atoms with van der Waals surface area (Å²) >= 11 is 0. The number of hydrogen-bond donors (Lipinski definition) is 3. The maximum atomic E-state index is 13.1. The number of hydrogen-bond acceptors (Lipinski definition) is 7. The number of carbonyl (C=O) groups is 2. The lowest BCUT2D eigenvalue weighted by Gasteiger charge is -2.10. The zero-order valence-corrected chi connectivity index (χ0v) is 26.6. The fraction of sp³-hybridized carbons (Fsp3) is 0.406. The van der Waals surface area contributed by atoms with E-state index >= 15 is 0 Å². The van der Waals surface area contributed by atoms with Crippen molar-refractivity contribution in [3.63, 3.8) is 0 Å². The molecule has 0 fully saturated rings. The standard InChI is InChI=1S/C32H39B2F3N5O5/c1-23-21-41(15-3-5-17-46-26-11-7-24(8-12-26)28(38)19-33-22-43)31(40-30(44)32(35,36)37)42(23)16-4-6-18-47-27-13-9-25(10-14-27)29(39)20-34(2)45/h7-14,21-22,38-39,45H,3-6,15-20H2,1-2H3. The van der Waals surface area contributed by atoms with E-state index in [-0.39, 0.29) is 18.3 Å². The molecule has 15 heteroatoms. The molecule has 47 heavy (non-hydrogen) atoms. The van der Waals surface area contributed by atoms with Gasteiger partial charge in [-0.15, -0.1) is 0 Å². The Bertz CT molecular complexity index is 1570. The maximum Gasteiger partial charge on any atom is 0.473 e. The number of aryl methyl sites for hydroxylation is 2. The number of rotatable bonds is 19. The van der Waals surface area contributed by atoms with E-state index in [4.69, 9.17) is 20.3 Å². The molecule has 3 rings (SSSR count). The Morgan fingerprint density at radius 1 is 0.936 bits per heavy atom. The number of benzene rings is 2. The van der Waals surface area contributed by atoms with Crippen LogP contribution in [0.3, 0.4) is 0 Å². The van der Waals surface area contributed by atoms with Crippen molar-refractivity contribution in [1.82, 2.24) is 9.13 Å². The first-order valence-corrected chi connectivity index (χ1v) is 15.4. The van der Waals surface area contributed by atoms with Gasteiger partial charge in [0.05, 0.1) is 19.4 Å². The number of amides is 1. The lowest BCUT2D eigenvalue weighted by atomic mass is 9.66. The van der Waals surface area contributed by atoms with Gasteiger partial charge in [-0.25, -0.2) is 0 Å². The molecule has 0 aliphatic carbocycles. The molecule has 0 saturated carbocycles. The Kier molecular flexibility index (Phi) is 14.3. The third-order valence-electron chi connectivity index (χ3n) is 7.14. The SMILES string of the molecule is CB(O)CC(=N)c1ccc(OCCCCn2c(C)cn(CCCCOc3ccc(C(=N)C[B]C=O)cc3)c2=NC(=O)C(F)(F)F)cc1. The molecule has 10 nitrogen and oxygen atoms in total. The molecule has 1 amide bonds. The molecule has 1 radical (unpaired) electrons. The van der Waals surface area contributed by atoms with E-state index in [1.807, 2.05) is 0 Å². The lowest BCUT2D eigenvalue weighted by molar-refractivity contribution is -0.169. The number of carbonyl (C=O) groups excluding carboxylic acids is 2. The van der Waals surface area contributed by atoms with E-state index < -0.39 is 19.0 Å². The molecule has 0 saturated heterocycles. The fourth-order valence-electron chi connectivity index (χ4n) is 4.72. The first-order valence-electron chi connectivity index (χ1n) is 15.4. The minimum absolute atomic E-state index is 0.0632. The summed E-state index contributed by atoms with van der Waals surface area (Å²) in [6, 6.07) is 13.9. The van der Waals surface area contributed by atoms with E-state index in [2.05, 4.69) is 4.99 Å². The quantitative estimate of drug-likeness (QED) is 0.0726. The van der Waals surface area contributed by atoms with E-state index in [1.165, 1.54) is 7.28 Å². The molecule has 0 aliphatic rings. The highest BCUT2D eigenvalue weighted by Gasteiger charge is 2.39. The molecule has 0 bridgehead atoms.